The first-order chi connectivity index (χ1) is 9.69. The third-order valence-corrected chi connectivity index (χ3v) is 3.25. The quantitative estimate of drug-likeness (QED) is 0.430. The average molecular weight is 270 g/mol. The molecule has 0 aliphatic heterocycles. The molecule has 3 N–H and O–H groups in total. The third-order valence-electron chi connectivity index (χ3n) is 3.25. The minimum atomic E-state index is -0.440. The molecule has 0 saturated heterocycles. The molecule has 1 aromatic carbocycles. The van der Waals surface area contributed by atoms with Crippen molar-refractivity contribution in [2.24, 2.45) is 5.84 Å². The standard InChI is InChI=1S/C14H14N4O2/c1-9-11(6-13(20-9)14(19)17-15)8-18-12-5-3-2-4-10(12)7-16-18/h2-7H,8,15H2,1H3,(H,17,19). The Labute approximate surface area is 115 Å². The molecule has 6 nitrogen and oxygen atoms in total. The van der Waals surface area contributed by atoms with Gasteiger partial charge in [0.2, 0.25) is 0 Å². The molecule has 0 aliphatic rings. The molecule has 0 radical (unpaired) electrons. The average Bonchev–Trinajstić information content (AvgIpc) is 3.04. The van der Waals surface area contributed by atoms with Crippen LogP contribution in [0.1, 0.15) is 21.9 Å². The maximum absolute atomic E-state index is 11.4. The van der Waals surface area contributed by atoms with Crippen LogP contribution in [0.4, 0.5) is 0 Å². The highest BCUT2D eigenvalue weighted by atomic mass is 16.4. The summed E-state index contributed by atoms with van der Waals surface area (Å²) in [5.41, 5.74) is 4.00. The smallest absolute Gasteiger partial charge is 0.300 e. The molecule has 6 heteroatoms. The van der Waals surface area contributed by atoms with Crippen LogP contribution in [0.2, 0.25) is 0 Å². The van der Waals surface area contributed by atoms with E-state index >= 15 is 0 Å². The van der Waals surface area contributed by atoms with Gasteiger partial charge in [-0.1, -0.05) is 18.2 Å². The number of aryl methyl sites for hydroxylation is 1. The number of hydrogen-bond donors (Lipinski definition) is 2. The maximum atomic E-state index is 11.4. The van der Waals surface area contributed by atoms with Crippen LogP contribution in [0.25, 0.3) is 10.9 Å². The first-order valence-electron chi connectivity index (χ1n) is 6.20. The van der Waals surface area contributed by atoms with E-state index in [2.05, 4.69) is 10.5 Å². The van der Waals surface area contributed by atoms with E-state index in [0.717, 1.165) is 16.5 Å². The number of nitrogens with one attached hydrogen (secondary N) is 1. The predicted molar refractivity (Wildman–Crippen MR) is 73.9 cm³/mol. The summed E-state index contributed by atoms with van der Waals surface area (Å²) < 4.78 is 7.27. The van der Waals surface area contributed by atoms with E-state index < -0.39 is 5.91 Å². The van der Waals surface area contributed by atoms with E-state index in [9.17, 15) is 4.79 Å². The predicted octanol–water partition coefficient (Wildman–Crippen LogP) is 1.59. The van der Waals surface area contributed by atoms with Crippen molar-refractivity contribution in [1.82, 2.24) is 15.2 Å². The Morgan fingerprint density at radius 2 is 2.25 bits per heavy atom. The van der Waals surface area contributed by atoms with Crippen LogP contribution in [0, 0.1) is 6.92 Å². The van der Waals surface area contributed by atoms with E-state index in [1.165, 1.54) is 0 Å². The Morgan fingerprint density at radius 1 is 1.45 bits per heavy atom. The molecule has 3 rings (SSSR count). The van der Waals surface area contributed by atoms with Gasteiger partial charge in [0.15, 0.2) is 5.76 Å². The lowest BCUT2D eigenvalue weighted by molar-refractivity contribution is 0.0924. The van der Waals surface area contributed by atoms with E-state index in [1.54, 1.807) is 6.07 Å². The van der Waals surface area contributed by atoms with Crippen molar-refractivity contribution in [2.45, 2.75) is 13.5 Å². The fourth-order valence-electron chi connectivity index (χ4n) is 2.17. The van der Waals surface area contributed by atoms with Crippen molar-refractivity contribution in [3.05, 3.63) is 53.6 Å². The molecule has 0 bridgehead atoms. The number of carbonyl (C=O) groups excluding carboxylic acids is 1. The van der Waals surface area contributed by atoms with Crippen molar-refractivity contribution in [3.63, 3.8) is 0 Å². The second-order valence-corrected chi connectivity index (χ2v) is 4.53. The minimum Gasteiger partial charge on any atom is -0.456 e. The number of carbonyl (C=O) groups is 1. The van der Waals surface area contributed by atoms with Crippen LogP contribution in [0.3, 0.4) is 0 Å². The van der Waals surface area contributed by atoms with E-state index in [1.807, 2.05) is 42.1 Å². The second kappa shape index (κ2) is 4.82. The number of amides is 1. The van der Waals surface area contributed by atoms with Crippen LogP contribution in [0.15, 0.2) is 40.9 Å². The lowest BCUT2D eigenvalue weighted by Gasteiger charge is -2.01. The molecule has 20 heavy (non-hydrogen) atoms. The summed E-state index contributed by atoms with van der Waals surface area (Å²) in [5, 5.41) is 5.43. The summed E-state index contributed by atoms with van der Waals surface area (Å²) in [6, 6.07) is 9.64. The van der Waals surface area contributed by atoms with Crippen molar-refractivity contribution in [2.75, 3.05) is 0 Å². The van der Waals surface area contributed by atoms with Crippen molar-refractivity contribution in [3.8, 4) is 0 Å². The second-order valence-electron chi connectivity index (χ2n) is 4.53. The zero-order valence-corrected chi connectivity index (χ0v) is 11.0. The van der Waals surface area contributed by atoms with Crippen LogP contribution in [-0.2, 0) is 6.54 Å². The highest BCUT2D eigenvalue weighted by molar-refractivity contribution is 5.91. The number of nitrogens with two attached hydrogens (primary N) is 1. The number of aromatic nitrogens is 2. The van der Waals surface area contributed by atoms with Gasteiger partial charge in [0.05, 0.1) is 18.3 Å². The Hall–Kier alpha value is -2.60. The summed E-state index contributed by atoms with van der Waals surface area (Å²) in [6.07, 6.45) is 1.82. The van der Waals surface area contributed by atoms with Gasteiger partial charge in [0.25, 0.3) is 0 Å². The number of benzene rings is 1. The van der Waals surface area contributed by atoms with Crippen LogP contribution < -0.4 is 11.3 Å². The number of nitrogen functional groups attached to an aromatic ring is 1. The third kappa shape index (κ3) is 2.06. The number of rotatable bonds is 3. The Morgan fingerprint density at radius 3 is 3.05 bits per heavy atom. The first kappa shape index (κ1) is 12.4. The van der Waals surface area contributed by atoms with Gasteiger partial charge in [-0.3, -0.25) is 14.9 Å². The Bertz CT molecular complexity index is 772. The fourth-order valence-corrected chi connectivity index (χ4v) is 2.17. The van der Waals surface area contributed by atoms with Crippen LogP contribution in [-0.4, -0.2) is 15.7 Å². The molecule has 102 valence electrons. The zero-order valence-electron chi connectivity index (χ0n) is 11.0. The molecule has 0 fully saturated rings. The van der Waals surface area contributed by atoms with Gasteiger partial charge in [-0.15, -0.1) is 0 Å². The van der Waals surface area contributed by atoms with Crippen molar-refractivity contribution >= 4 is 16.8 Å². The molecule has 2 heterocycles. The Balaban J connectivity index is 1.95. The minimum absolute atomic E-state index is 0.205. The number of nitrogens with zero attached hydrogens (tertiary/aromatic N) is 2. The van der Waals surface area contributed by atoms with Gasteiger partial charge >= 0.3 is 5.91 Å². The molecule has 3 aromatic rings. The highest BCUT2D eigenvalue weighted by Gasteiger charge is 2.14. The first-order valence-corrected chi connectivity index (χ1v) is 6.20. The summed E-state index contributed by atoms with van der Waals surface area (Å²) in [7, 11) is 0. The van der Waals surface area contributed by atoms with Crippen molar-refractivity contribution in [1.29, 1.82) is 0 Å². The highest BCUT2D eigenvalue weighted by Crippen LogP contribution is 2.19. The molecule has 2 aromatic heterocycles. The molecule has 0 spiro atoms. The number of fused-ring (bicyclic) bond motifs is 1. The summed E-state index contributed by atoms with van der Waals surface area (Å²) in [4.78, 5) is 11.4. The number of hydrazine groups is 1. The monoisotopic (exact) mass is 270 g/mol. The van der Waals surface area contributed by atoms with Gasteiger partial charge in [0, 0.05) is 10.9 Å². The van der Waals surface area contributed by atoms with Gasteiger partial charge in [-0.2, -0.15) is 5.10 Å². The number of hydrogen-bond acceptors (Lipinski definition) is 4. The van der Waals surface area contributed by atoms with Crippen LogP contribution in [0.5, 0.6) is 0 Å². The summed E-state index contributed by atoms with van der Waals surface area (Å²) >= 11 is 0. The maximum Gasteiger partial charge on any atom is 0.300 e. The molecule has 0 atom stereocenters. The summed E-state index contributed by atoms with van der Waals surface area (Å²) in [6.45, 7) is 2.36. The number of para-hydroxylation sites is 1. The number of furan rings is 1. The topological polar surface area (TPSA) is 86.1 Å². The fraction of sp³-hybridized carbons (Fsp3) is 0.143. The van der Waals surface area contributed by atoms with Gasteiger partial charge < -0.3 is 4.42 Å². The van der Waals surface area contributed by atoms with Crippen molar-refractivity contribution < 1.29 is 9.21 Å². The van der Waals surface area contributed by atoms with E-state index in [-0.39, 0.29) is 5.76 Å². The molecular formula is C14H14N4O2. The molecule has 0 saturated carbocycles. The van der Waals surface area contributed by atoms with E-state index in [4.69, 9.17) is 10.3 Å². The largest absolute Gasteiger partial charge is 0.456 e. The molecule has 0 aliphatic carbocycles. The van der Waals surface area contributed by atoms with Crippen LogP contribution >= 0.6 is 0 Å². The normalized spacial score (nSPS) is 10.9. The Kier molecular flexibility index (Phi) is 3.00. The molecule has 0 unspecified atom stereocenters. The van der Waals surface area contributed by atoms with Gasteiger partial charge in [-0.25, -0.2) is 5.84 Å². The lowest BCUT2D eigenvalue weighted by Crippen LogP contribution is -2.29. The zero-order chi connectivity index (χ0) is 14.1. The SMILES string of the molecule is Cc1oc(C(=O)NN)cc1Cn1ncc2ccccc21. The van der Waals surface area contributed by atoms with Gasteiger partial charge in [-0.05, 0) is 19.1 Å². The lowest BCUT2D eigenvalue weighted by atomic mass is 10.2. The molecule has 1 amide bonds. The van der Waals surface area contributed by atoms with E-state index in [0.29, 0.717) is 12.3 Å². The molecular weight excluding hydrogens is 256 g/mol. The van der Waals surface area contributed by atoms with Gasteiger partial charge in [0.1, 0.15) is 5.76 Å². The summed E-state index contributed by atoms with van der Waals surface area (Å²) in [5.74, 6) is 5.55.